The summed E-state index contributed by atoms with van der Waals surface area (Å²) in [5.74, 6) is 2.14. The maximum absolute atomic E-state index is 13.6. The summed E-state index contributed by atoms with van der Waals surface area (Å²) in [5, 5.41) is 0. The molecular formula is C63H117N3O9S3. The number of thioether (sulfide) groups is 3. The number of hydrogen-bond donors (Lipinski definition) is 0. The summed E-state index contributed by atoms with van der Waals surface area (Å²) >= 11 is 4.59. The van der Waals surface area contributed by atoms with Gasteiger partial charge >= 0.3 is 17.9 Å². The molecular weight excluding hydrogens is 1040 g/mol. The second kappa shape index (κ2) is 56.7. The highest BCUT2D eigenvalue weighted by Crippen LogP contribution is 2.19. The lowest BCUT2D eigenvalue weighted by atomic mass is 10.1. The van der Waals surface area contributed by atoms with Gasteiger partial charge in [0.2, 0.25) is 17.7 Å². The SMILES string of the molecule is CCCCCCCCCCCCCCOC(=O)CCSCCC(=O)N1CN(C(=O)CCSCCC(=O)OCCCCCCCCCCCCCC)CN(C(=O)CCSCCC(=O)OCCCCCCCCCCCCCC)C1. The summed E-state index contributed by atoms with van der Waals surface area (Å²) in [6, 6.07) is 0. The molecule has 456 valence electrons. The molecule has 1 heterocycles. The summed E-state index contributed by atoms with van der Waals surface area (Å²) < 4.78 is 16.4. The Bertz CT molecular complexity index is 1290. The van der Waals surface area contributed by atoms with Crippen LogP contribution in [0, 0.1) is 0 Å². The third-order valence-electron chi connectivity index (χ3n) is 14.6. The fraction of sp³-hybridized carbons (Fsp3) is 0.905. The number of carbonyl (C=O) groups is 6. The zero-order chi connectivity index (χ0) is 56.6. The first-order valence-electron chi connectivity index (χ1n) is 32.2. The minimum absolute atomic E-state index is 0.101. The van der Waals surface area contributed by atoms with E-state index in [1.165, 1.54) is 228 Å². The zero-order valence-electron chi connectivity index (χ0n) is 50.4. The van der Waals surface area contributed by atoms with Crippen molar-refractivity contribution in [2.75, 3.05) is 74.3 Å². The van der Waals surface area contributed by atoms with Gasteiger partial charge in [-0.05, 0) is 19.3 Å². The van der Waals surface area contributed by atoms with Crippen molar-refractivity contribution in [3.05, 3.63) is 0 Å². The van der Waals surface area contributed by atoms with Gasteiger partial charge in [0.1, 0.15) is 0 Å². The van der Waals surface area contributed by atoms with Crippen LogP contribution in [0.2, 0.25) is 0 Å². The van der Waals surface area contributed by atoms with Crippen molar-refractivity contribution in [2.24, 2.45) is 0 Å². The van der Waals surface area contributed by atoms with Crippen LogP contribution in [0.3, 0.4) is 0 Å². The Balaban J connectivity index is 2.44. The van der Waals surface area contributed by atoms with Gasteiger partial charge in [-0.3, -0.25) is 28.8 Å². The Hall–Kier alpha value is -2.13. The van der Waals surface area contributed by atoms with Crippen molar-refractivity contribution in [3.8, 4) is 0 Å². The molecule has 12 nitrogen and oxygen atoms in total. The van der Waals surface area contributed by atoms with E-state index in [4.69, 9.17) is 14.2 Å². The molecule has 0 spiro atoms. The van der Waals surface area contributed by atoms with Gasteiger partial charge in [-0.1, -0.05) is 233 Å². The predicted octanol–water partition coefficient (Wildman–Crippen LogP) is 16.6. The first kappa shape index (κ1) is 73.9. The molecule has 1 aliphatic heterocycles. The molecule has 0 bridgehead atoms. The number of amides is 3. The van der Waals surface area contributed by atoms with Gasteiger partial charge in [0.05, 0.1) is 59.1 Å². The van der Waals surface area contributed by atoms with Crippen molar-refractivity contribution in [2.45, 2.75) is 290 Å². The maximum atomic E-state index is 13.6. The molecule has 78 heavy (non-hydrogen) atoms. The van der Waals surface area contributed by atoms with Crippen molar-refractivity contribution in [3.63, 3.8) is 0 Å². The van der Waals surface area contributed by atoms with Gasteiger partial charge in [-0.2, -0.15) is 35.3 Å². The van der Waals surface area contributed by atoms with E-state index < -0.39 is 0 Å². The van der Waals surface area contributed by atoms with Gasteiger partial charge in [-0.25, -0.2) is 0 Å². The lowest BCUT2D eigenvalue weighted by Gasteiger charge is -2.42. The number of unbranched alkanes of at least 4 members (excludes halogenated alkanes) is 33. The molecule has 15 heteroatoms. The average Bonchev–Trinajstić information content (AvgIpc) is 3.45. The topological polar surface area (TPSA) is 140 Å². The predicted molar refractivity (Wildman–Crippen MR) is 331 cm³/mol. The molecule has 0 aromatic rings. The fourth-order valence-corrected chi connectivity index (χ4v) is 12.1. The highest BCUT2D eigenvalue weighted by molar-refractivity contribution is 7.99. The summed E-state index contributed by atoms with van der Waals surface area (Å²) in [6.45, 7) is 8.44. The van der Waals surface area contributed by atoms with Crippen LogP contribution in [-0.4, -0.2) is 125 Å². The van der Waals surface area contributed by atoms with Gasteiger partial charge in [-0.15, -0.1) is 0 Å². The van der Waals surface area contributed by atoms with E-state index in [-0.39, 0.29) is 74.9 Å². The molecule has 0 radical (unpaired) electrons. The van der Waals surface area contributed by atoms with Crippen LogP contribution in [-0.2, 0) is 43.0 Å². The average molecular weight is 1160 g/mol. The van der Waals surface area contributed by atoms with Crippen molar-refractivity contribution in [1.29, 1.82) is 0 Å². The van der Waals surface area contributed by atoms with Crippen molar-refractivity contribution < 1.29 is 43.0 Å². The largest absolute Gasteiger partial charge is 0.466 e. The molecule has 0 atom stereocenters. The standard InChI is InChI=1S/C63H117N3O9S3/c1-4-7-10-13-16-19-22-25-28-31-34-37-46-73-61(70)43-52-76-49-40-58(67)64-55-65(59(68)41-50-77-53-44-62(71)74-47-38-35-32-29-26-23-20-17-14-11-8-5-2)57-66(56-64)60(69)42-51-78-54-45-63(72)75-48-39-36-33-30-27-24-21-18-15-12-9-6-3/h4-57H2,1-3H3. The van der Waals surface area contributed by atoms with Crippen LogP contribution >= 0.6 is 35.3 Å². The molecule has 1 rings (SSSR count). The third-order valence-corrected chi connectivity index (χ3v) is 17.6. The van der Waals surface area contributed by atoms with E-state index in [9.17, 15) is 28.8 Å². The number of rotatable bonds is 57. The van der Waals surface area contributed by atoms with Gasteiger partial charge < -0.3 is 28.9 Å². The fourth-order valence-electron chi connectivity index (χ4n) is 9.55. The summed E-state index contributed by atoms with van der Waals surface area (Å²) in [4.78, 5) is 82.6. The summed E-state index contributed by atoms with van der Waals surface area (Å²) in [6.07, 6.45) is 46.8. The number of nitrogens with zero attached hydrogens (tertiary/aromatic N) is 3. The van der Waals surface area contributed by atoms with Gasteiger partial charge in [0.25, 0.3) is 0 Å². The monoisotopic (exact) mass is 1160 g/mol. The quantitative estimate of drug-likeness (QED) is 0.0325. The number of carbonyl (C=O) groups excluding carboxylic acids is 6. The molecule has 0 unspecified atom stereocenters. The van der Waals surface area contributed by atoms with E-state index in [0.717, 1.165) is 38.5 Å². The van der Waals surface area contributed by atoms with E-state index in [0.29, 0.717) is 73.6 Å². The van der Waals surface area contributed by atoms with Crippen molar-refractivity contribution in [1.82, 2.24) is 14.7 Å². The number of ether oxygens (including phenoxy) is 3. The Morgan fingerprint density at radius 1 is 0.269 bits per heavy atom. The lowest BCUT2D eigenvalue weighted by molar-refractivity contribution is -0.158. The Morgan fingerprint density at radius 2 is 0.449 bits per heavy atom. The summed E-state index contributed by atoms with van der Waals surface area (Å²) in [7, 11) is 0. The minimum atomic E-state index is -0.206. The second-order valence-electron chi connectivity index (χ2n) is 21.9. The number of esters is 3. The molecule has 0 N–H and O–H groups in total. The first-order valence-corrected chi connectivity index (χ1v) is 35.7. The smallest absolute Gasteiger partial charge is 0.306 e. The first-order chi connectivity index (χ1) is 38.2. The third kappa shape index (κ3) is 47.5. The van der Waals surface area contributed by atoms with Crippen molar-refractivity contribution >= 4 is 70.9 Å². The lowest BCUT2D eigenvalue weighted by Crippen LogP contribution is -2.59. The maximum Gasteiger partial charge on any atom is 0.306 e. The van der Waals surface area contributed by atoms with Gasteiger partial charge in [0, 0.05) is 53.8 Å². The van der Waals surface area contributed by atoms with Crippen LogP contribution in [0.15, 0.2) is 0 Å². The van der Waals surface area contributed by atoms with E-state index >= 15 is 0 Å². The van der Waals surface area contributed by atoms with E-state index in [2.05, 4.69) is 20.8 Å². The summed E-state index contributed by atoms with van der Waals surface area (Å²) in [5.41, 5.74) is 0. The zero-order valence-corrected chi connectivity index (χ0v) is 52.9. The van der Waals surface area contributed by atoms with E-state index in [1.807, 2.05) is 0 Å². The number of hydrogen-bond acceptors (Lipinski definition) is 12. The molecule has 0 saturated carbocycles. The van der Waals surface area contributed by atoms with Gasteiger partial charge in [0.15, 0.2) is 0 Å². The highest BCUT2D eigenvalue weighted by atomic mass is 32.2. The van der Waals surface area contributed by atoms with Crippen LogP contribution in [0.1, 0.15) is 290 Å². The van der Waals surface area contributed by atoms with Crippen LogP contribution < -0.4 is 0 Å². The molecule has 1 saturated heterocycles. The molecule has 3 amide bonds. The Kier molecular flexibility index (Phi) is 53.7. The molecule has 1 aliphatic rings. The van der Waals surface area contributed by atoms with Crippen LogP contribution in [0.25, 0.3) is 0 Å². The second-order valence-corrected chi connectivity index (χ2v) is 25.6. The molecule has 1 fully saturated rings. The molecule has 0 aliphatic carbocycles. The van der Waals surface area contributed by atoms with Crippen LogP contribution in [0.5, 0.6) is 0 Å². The Morgan fingerprint density at radius 3 is 0.654 bits per heavy atom. The Labute approximate surface area is 490 Å². The molecule has 0 aromatic heterocycles. The highest BCUT2D eigenvalue weighted by Gasteiger charge is 2.31. The minimum Gasteiger partial charge on any atom is -0.466 e. The van der Waals surface area contributed by atoms with Crippen LogP contribution in [0.4, 0.5) is 0 Å². The molecule has 0 aromatic carbocycles. The normalized spacial score (nSPS) is 12.6. The van der Waals surface area contributed by atoms with E-state index in [1.54, 1.807) is 14.7 Å².